The number of aliphatic hydroxyl groups is 1. The number of hydrogen-bond donors (Lipinski definition) is 1. The summed E-state index contributed by atoms with van der Waals surface area (Å²) in [4.78, 5) is 5.67. The molecule has 11 heteroatoms. The Kier molecular flexibility index (Phi) is 6.02. The Morgan fingerprint density at radius 2 is 1.78 bits per heavy atom. The van der Waals surface area contributed by atoms with Crippen LogP contribution in [0.25, 0.3) is 0 Å². The zero-order valence-corrected chi connectivity index (χ0v) is 16.8. The van der Waals surface area contributed by atoms with Gasteiger partial charge in [-0.15, -0.1) is 0 Å². The summed E-state index contributed by atoms with van der Waals surface area (Å²) in [6.07, 6.45) is -2.16. The number of rotatable bonds is 7. The Bertz CT molecular complexity index is 1040. The van der Waals surface area contributed by atoms with Crippen molar-refractivity contribution >= 4 is 5.69 Å². The number of aromatic nitrogens is 3. The maximum Gasteiger partial charge on any atom is 0.433 e. The predicted octanol–water partition coefficient (Wildman–Crippen LogP) is 2.95. The first kappa shape index (κ1) is 22.0. The zero-order chi connectivity index (χ0) is 22.8. The van der Waals surface area contributed by atoms with Crippen LogP contribution < -0.4 is 9.64 Å². The Hall–Kier alpha value is -3.18. The Morgan fingerprint density at radius 1 is 1.06 bits per heavy atom. The molecule has 1 aliphatic heterocycles. The van der Waals surface area contributed by atoms with Gasteiger partial charge < -0.3 is 19.5 Å². The summed E-state index contributed by atoms with van der Waals surface area (Å²) in [5.41, 5.74) is -3.27. The average molecular weight is 452 g/mol. The van der Waals surface area contributed by atoms with Gasteiger partial charge >= 0.3 is 6.11 Å². The van der Waals surface area contributed by atoms with Crippen LogP contribution in [-0.2, 0) is 16.9 Å². The highest BCUT2D eigenvalue weighted by atomic mass is 19.3. The highest BCUT2D eigenvalue weighted by Crippen LogP contribution is 2.42. The fraction of sp³-hybridized carbons (Fsp3) is 0.333. The van der Waals surface area contributed by atoms with Crippen LogP contribution in [0, 0.1) is 11.6 Å². The monoisotopic (exact) mass is 452 g/mol. The molecule has 1 aromatic heterocycles. The van der Waals surface area contributed by atoms with E-state index in [-0.39, 0.29) is 5.75 Å². The average Bonchev–Trinajstić information content (AvgIpc) is 3.27. The number of anilines is 1. The van der Waals surface area contributed by atoms with Crippen LogP contribution in [0.5, 0.6) is 5.75 Å². The molecule has 0 aliphatic carbocycles. The third-order valence-electron chi connectivity index (χ3n) is 5.17. The lowest BCUT2D eigenvalue weighted by Crippen LogP contribution is -2.52. The lowest BCUT2D eigenvalue weighted by molar-refractivity contribution is -0.301. The number of morpholine rings is 1. The molecule has 7 nitrogen and oxygen atoms in total. The summed E-state index contributed by atoms with van der Waals surface area (Å²) in [6.45, 7) is 1.56. The number of hydrogen-bond acceptors (Lipinski definition) is 6. The topological polar surface area (TPSA) is 72.6 Å². The second-order valence-electron chi connectivity index (χ2n) is 7.29. The van der Waals surface area contributed by atoms with Crippen LogP contribution in [0.4, 0.5) is 23.2 Å². The van der Waals surface area contributed by atoms with Crippen LogP contribution in [-0.4, -0.2) is 52.3 Å². The largest absolute Gasteiger partial charge is 0.433 e. The van der Waals surface area contributed by atoms with E-state index < -0.39 is 35.5 Å². The first-order valence-electron chi connectivity index (χ1n) is 9.78. The first-order valence-corrected chi connectivity index (χ1v) is 9.78. The molecule has 1 N–H and O–H groups in total. The van der Waals surface area contributed by atoms with E-state index in [9.17, 15) is 13.9 Å². The van der Waals surface area contributed by atoms with Gasteiger partial charge in [-0.25, -0.2) is 18.4 Å². The fourth-order valence-corrected chi connectivity index (χ4v) is 3.49. The summed E-state index contributed by atoms with van der Waals surface area (Å²) in [5, 5.41) is 14.7. The molecule has 32 heavy (non-hydrogen) atoms. The summed E-state index contributed by atoms with van der Waals surface area (Å²) in [6, 6.07) is 7.80. The van der Waals surface area contributed by atoms with Crippen molar-refractivity contribution in [3.05, 3.63) is 72.3 Å². The van der Waals surface area contributed by atoms with E-state index in [4.69, 9.17) is 9.47 Å². The van der Waals surface area contributed by atoms with Gasteiger partial charge in [0.2, 0.25) is 5.60 Å². The number of halogens is 4. The van der Waals surface area contributed by atoms with Crippen molar-refractivity contribution in [1.29, 1.82) is 0 Å². The molecule has 170 valence electrons. The molecule has 2 heterocycles. The predicted molar refractivity (Wildman–Crippen MR) is 105 cm³/mol. The van der Waals surface area contributed by atoms with Crippen molar-refractivity contribution in [3.8, 4) is 5.75 Å². The van der Waals surface area contributed by atoms with Gasteiger partial charge in [0.25, 0.3) is 0 Å². The van der Waals surface area contributed by atoms with E-state index in [2.05, 4.69) is 10.1 Å². The van der Waals surface area contributed by atoms with Gasteiger partial charge in [-0.3, -0.25) is 0 Å². The summed E-state index contributed by atoms with van der Waals surface area (Å²) in [7, 11) is 0. The Balaban J connectivity index is 1.63. The highest BCUT2D eigenvalue weighted by molar-refractivity contribution is 5.49. The van der Waals surface area contributed by atoms with Gasteiger partial charge in [-0.1, -0.05) is 0 Å². The summed E-state index contributed by atoms with van der Waals surface area (Å²) < 4.78 is 69.6. The normalized spacial score (nSPS) is 16.6. The van der Waals surface area contributed by atoms with Crippen molar-refractivity contribution < 1.29 is 32.1 Å². The van der Waals surface area contributed by atoms with Gasteiger partial charge in [0.1, 0.15) is 30.0 Å². The smallest absolute Gasteiger partial charge is 0.430 e. The van der Waals surface area contributed by atoms with Crippen LogP contribution in [0.3, 0.4) is 0 Å². The fourth-order valence-electron chi connectivity index (χ4n) is 3.49. The van der Waals surface area contributed by atoms with Gasteiger partial charge in [-0.05, 0) is 36.4 Å². The molecule has 0 radical (unpaired) electrons. The van der Waals surface area contributed by atoms with E-state index >= 15 is 8.78 Å². The molecule has 1 fully saturated rings. The van der Waals surface area contributed by atoms with Crippen LogP contribution in [0.1, 0.15) is 5.56 Å². The van der Waals surface area contributed by atoms with Crippen LogP contribution in [0.2, 0.25) is 0 Å². The van der Waals surface area contributed by atoms with Gasteiger partial charge in [0.15, 0.2) is 0 Å². The van der Waals surface area contributed by atoms with Crippen molar-refractivity contribution in [2.75, 3.05) is 31.2 Å². The van der Waals surface area contributed by atoms with Crippen molar-refractivity contribution in [1.82, 2.24) is 14.8 Å². The lowest BCUT2D eigenvalue weighted by Gasteiger charge is -2.35. The molecular weight excluding hydrogens is 432 g/mol. The quantitative estimate of drug-likeness (QED) is 0.556. The molecule has 0 amide bonds. The molecule has 0 saturated carbocycles. The second kappa shape index (κ2) is 8.75. The standard InChI is InChI=1S/C21H20F4N4O3/c22-15-1-6-18(19(23)11-15)20(30,12-29-14-26-13-27-29)21(24,25)32-17-4-2-16(3-5-17)28-7-9-31-10-8-28/h1-6,11,13-14,30H,7-10,12H2. The molecule has 2 aromatic carbocycles. The molecule has 1 saturated heterocycles. The van der Waals surface area contributed by atoms with E-state index in [1.807, 2.05) is 4.90 Å². The molecular formula is C21H20F4N4O3. The second-order valence-corrected chi connectivity index (χ2v) is 7.29. The van der Waals surface area contributed by atoms with Crippen LogP contribution >= 0.6 is 0 Å². The lowest BCUT2D eigenvalue weighted by atomic mass is 9.91. The summed E-state index contributed by atoms with van der Waals surface area (Å²) in [5.74, 6) is -2.57. The molecule has 1 unspecified atom stereocenters. The molecule has 0 spiro atoms. The Morgan fingerprint density at radius 3 is 2.41 bits per heavy atom. The number of alkyl halides is 2. The molecule has 3 aromatic rings. The van der Waals surface area contributed by atoms with Gasteiger partial charge in [-0.2, -0.15) is 13.9 Å². The van der Waals surface area contributed by atoms with E-state index in [0.717, 1.165) is 35.2 Å². The van der Waals surface area contributed by atoms with Gasteiger partial charge in [0, 0.05) is 30.4 Å². The van der Waals surface area contributed by atoms with E-state index in [1.54, 1.807) is 12.1 Å². The third kappa shape index (κ3) is 4.39. The Labute approximate surface area is 180 Å². The minimum atomic E-state index is -4.32. The molecule has 1 aliphatic rings. The molecule has 0 bridgehead atoms. The van der Waals surface area contributed by atoms with Crippen LogP contribution in [0.15, 0.2) is 55.1 Å². The number of benzene rings is 2. The number of ether oxygens (including phenoxy) is 2. The van der Waals surface area contributed by atoms with Crippen molar-refractivity contribution in [2.45, 2.75) is 18.3 Å². The highest BCUT2D eigenvalue weighted by Gasteiger charge is 2.58. The summed E-state index contributed by atoms with van der Waals surface area (Å²) >= 11 is 0. The maximum atomic E-state index is 15.4. The van der Waals surface area contributed by atoms with E-state index in [1.165, 1.54) is 12.1 Å². The SMILES string of the molecule is OC(Cn1cncn1)(c1ccc(F)cc1F)C(F)(F)Oc1ccc(N2CCOCC2)cc1. The van der Waals surface area contributed by atoms with Crippen molar-refractivity contribution in [2.24, 2.45) is 0 Å². The minimum absolute atomic E-state index is 0.244. The van der Waals surface area contributed by atoms with E-state index in [0.29, 0.717) is 32.4 Å². The minimum Gasteiger partial charge on any atom is -0.430 e. The zero-order valence-electron chi connectivity index (χ0n) is 16.8. The van der Waals surface area contributed by atoms with Gasteiger partial charge in [0.05, 0.1) is 19.8 Å². The van der Waals surface area contributed by atoms with Crippen molar-refractivity contribution in [3.63, 3.8) is 0 Å². The number of nitrogens with zero attached hydrogens (tertiary/aromatic N) is 4. The molecule has 1 atom stereocenters. The molecule has 4 rings (SSSR count). The maximum absolute atomic E-state index is 15.4. The third-order valence-corrected chi connectivity index (χ3v) is 5.17. The first-order chi connectivity index (χ1) is 15.3.